The molecule has 2 nitrogen and oxygen atoms in total. The summed E-state index contributed by atoms with van der Waals surface area (Å²) in [5.74, 6) is 2.04. The minimum absolute atomic E-state index is 0.453. The van der Waals surface area contributed by atoms with Gasteiger partial charge in [0, 0.05) is 5.56 Å². The fourth-order valence-corrected chi connectivity index (χ4v) is 2.59. The minimum atomic E-state index is 0.453. The van der Waals surface area contributed by atoms with Gasteiger partial charge in [-0.15, -0.1) is 0 Å². The highest BCUT2D eigenvalue weighted by Crippen LogP contribution is 2.38. The van der Waals surface area contributed by atoms with Crippen molar-refractivity contribution in [2.45, 2.75) is 52.4 Å². The van der Waals surface area contributed by atoms with E-state index in [4.69, 9.17) is 10.5 Å². The first-order valence-corrected chi connectivity index (χ1v) is 6.96. The molecular weight excluding hydrogens is 222 g/mol. The predicted octanol–water partition coefficient (Wildman–Crippen LogP) is 3.83. The van der Waals surface area contributed by atoms with Gasteiger partial charge in [-0.05, 0) is 42.3 Å². The number of hydrogen-bond acceptors (Lipinski definition) is 2. The number of benzene rings is 1. The van der Waals surface area contributed by atoms with Crippen LogP contribution < -0.4 is 10.5 Å². The van der Waals surface area contributed by atoms with Gasteiger partial charge in [0.1, 0.15) is 5.75 Å². The molecular formula is C16H27NO. The van der Waals surface area contributed by atoms with Crippen molar-refractivity contribution in [1.29, 1.82) is 0 Å². The van der Waals surface area contributed by atoms with E-state index in [0.717, 1.165) is 25.1 Å². The standard InChI is InChI=1S/C16H27NO/c1-6-13-7-8-14(11(2)3)15(16(13)18-5)12(4)9-10-17/h7-8,11-12H,6,9-10,17H2,1-5H3. The normalized spacial score (nSPS) is 12.8. The molecule has 1 atom stereocenters. The first-order valence-electron chi connectivity index (χ1n) is 6.96. The summed E-state index contributed by atoms with van der Waals surface area (Å²) in [7, 11) is 1.78. The molecule has 1 aromatic carbocycles. The Labute approximate surface area is 112 Å². The summed E-state index contributed by atoms with van der Waals surface area (Å²) in [6.07, 6.45) is 2.01. The molecule has 0 saturated carbocycles. The third kappa shape index (κ3) is 3.05. The van der Waals surface area contributed by atoms with Crippen LogP contribution in [-0.2, 0) is 6.42 Å². The summed E-state index contributed by atoms with van der Waals surface area (Å²) in [6.45, 7) is 9.61. The van der Waals surface area contributed by atoms with Crippen molar-refractivity contribution in [1.82, 2.24) is 0 Å². The highest BCUT2D eigenvalue weighted by atomic mass is 16.5. The monoisotopic (exact) mass is 249 g/mol. The van der Waals surface area contributed by atoms with Crippen molar-refractivity contribution >= 4 is 0 Å². The molecule has 0 bridgehead atoms. The maximum Gasteiger partial charge on any atom is 0.125 e. The second-order valence-corrected chi connectivity index (χ2v) is 5.25. The largest absolute Gasteiger partial charge is 0.496 e. The molecule has 0 aromatic heterocycles. The Hall–Kier alpha value is -1.02. The van der Waals surface area contributed by atoms with E-state index in [1.807, 2.05) is 0 Å². The van der Waals surface area contributed by atoms with E-state index >= 15 is 0 Å². The van der Waals surface area contributed by atoms with Crippen molar-refractivity contribution in [2.75, 3.05) is 13.7 Å². The molecule has 0 radical (unpaired) electrons. The van der Waals surface area contributed by atoms with Gasteiger partial charge in [-0.25, -0.2) is 0 Å². The van der Waals surface area contributed by atoms with Gasteiger partial charge >= 0.3 is 0 Å². The quantitative estimate of drug-likeness (QED) is 0.831. The number of methoxy groups -OCH3 is 1. The lowest BCUT2D eigenvalue weighted by molar-refractivity contribution is 0.399. The maximum atomic E-state index is 5.71. The molecule has 18 heavy (non-hydrogen) atoms. The Morgan fingerprint density at radius 3 is 2.33 bits per heavy atom. The molecule has 0 spiro atoms. The third-order valence-corrected chi connectivity index (χ3v) is 3.61. The van der Waals surface area contributed by atoms with Crippen LogP contribution in [0.15, 0.2) is 12.1 Å². The van der Waals surface area contributed by atoms with Crippen molar-refractivity contribution in [3.8, 4) is 5.75 Å². The Bertz CT molecular complexity index is 385. The van der Waals surface area contributed by atoms with Gasteiger partial charge in [0.05, 0.1) is 7.11 Å². The van der Waals surface area contributed by atoms with E-state index in [1.54, 1.807) is 7.11 Å². The average Bonchev–Trinajstić information content (AvgIpc) is 2.36. The lowest BCUT2D eigenvalue weighted by Gasteiger charge is -2.23. The fraction of sp³-hybridized carbons (Fsp3) is 0.625. The van der Waals surface area contributed by atoms with Crippen LogP contribution in [0.2, 0.25) is 0 Å². The smallest absolute Gasteiger partial charge is 0.125 e. The summed E-state index contributed by atoms with van der Waals surface area (Å²) in [5, 5.41) is 0. The van der Waals surface area contributed by atoms with Gasteiger partial charge in [-0.1, -0.05) is 39.8 Å². The van der Waals surface area contributed by atoms with E-state index in [-0.39, 0.29) is 0 Å². The molecule has 0 amide bonds. The molecule has 0 saturated heterocycles. The highest BCUT2D eigenvalue weighted by molar-refractivity contribution is 5.49. The first-order chi connectivity index (χ1) is 8.56. The molecule has 0 aliphatic rings. The summed E-state index contributed by atoms with van der Waals surface area (Å²) in [5.41, 5.74) is 9.76. The number of nitrogens with two attached hydrogens (primary N) is 1. The second kappa shape index (κ2) is 6.79. The molecule has 1 rings (SSSR count). The Morgan fingerprint density at radius 2 is 1.89 bits per heavy atom. The molecule has 102 valence electrons. The molecule has 2 heteroatoms. The zero-order valence-corrected chi connectivity index (χ0v) is 12.4. The highest BCUT2D eigenvalue weighted by Gasteiger charge is 2.19. The number of ether oxygens (including phenoxy) is 1. The van der Waals surface area contributed by atoms with Crippen LogP contribution >= 0.6 is 0 Å². The van der Waals surface area contributed by atoms with Gasteiger partial charge in [0.25, 0.3) is 0 Å². The third-order valence-electron chi connectivity index (χ3n) is 3.61. The van der Waals surface area contributed by atoms with Crippen molar-refractivity contribution < 1.29 is 4.74 Å². The van der Waals surface area contributed by atoms with E-state index in [0.29, 0.717) is 11.8 Å². The van der Waals surface area contributed by atoms with Crippen LogP contribution in [0.3, 0.4) is 0 Å². The van der Waals surface area contributed by atoms with Crippen LogP contribution in [0.25, 0.3) is 0 Å². The second-order valence-electron chi connectivity index (χ2n) is 5.25. The van der Waals surface area contributed by atoms with Crippen molar-refractivity contribution in [2.24, 2.45) is 5.73 Å². The summed E-state index contributed by atoms with van der Waals surface area (Å²) in [6, 6.07) is 4.46. The zero-order chi connectivity index (χ0) is 13.7. The van der Waals surface area contributed by atoms with E-state index in [9.17, 15) is 0 Å². The first kappa shape index (κ1) is 15.0. The van der Waals surface area contributed by atoms with Crippen LogP contribution in [0.5, 0.6) is 5.75 Å². The molecule has 0 aliphatic heterocycles. The van der Waals surface area contributed by atoms with Gasteiger partial charge in [-0.2, -0.15) is 0 Å². The summed E-state index contributed by atoms with van der Waals surface area (Å²) in [4.78, 5) is 0. The van der Waals surface area contributed by atoms with E-state index < -0.39 is 0 Å². The van der Waals surface area contributed by atoms with Crippen LogP contribution in [0.4, 0.5) is 0 Å². The van der Waals surface area contributed by atoms with Crippen molar-refractivity contribution in [3.63, 3.8) is 0 Å². The molecule has 2 N–H and O–H groups in total. The predicted molar refractivity (Wildman–Crippen MR) is 78.5 cm³/mol. The topological polar surface area (TPSA) is 35.2 Å². The Morgan fingerprint density at radius 1 is 1.22 bits per heavy atom. The van der Waals surface area contributed by atoms with E-state index in [1.165, 1.54) is 16.7 Å². The van der Waals surface area contributed by atoms with Gasteiger partial charge in [-0.3, -0.25) is 0 Å². The molecule has 1 aromatic rings. The van der Waals surface area contributed by atoms with Crippen LogP contribution in [-0.4, -0.2) is 13.7 Å². The number of hydrogen-bond donors (Lipinski definition) is 1. The lowest BCUT2D eigenvalue weighted by atomic mass is 9.85. The molecule has 0 fully saturated rings. The van der Waals surface area contributed by atoms with Crippen molar-refractivity contribution in [3.05, 3.63) is 28.8 Å². The number of aryl methyl sites for hydroxylation is 1. The zero-order valence-electron chi connectivity index (χ0n) is 12.4. The minimum Gasteiger partial charge on any atom is -0.496 e. The van der Waals surface area contributed by atoms with Crippen LogP contribution in [0, 0.1) is 0 Å². The molecule has 0 aliphatic carbocycles. The lowest BCUT2D eigenvalue weighted by Crippen LogP contribution is -2.10. The van der Waals surface area contributed by atoms with Crippen LogP contribution in [0.1, 0.15) is 62.6 Å². The van der Waals surface area contributed by atoms with Gasteiger partial charge < -0.3 is 10.5 Å². The number of rotatable bonds is 6. The Kier molecular flexibility index (Phi) is 5.67. The molecule has 0 heterocycles. The van der Waals surface area contributed by atoms with Gasteiger partial charge in [0.2, 0.25) is 0 Å². The van der Waals surface area contributed by atoms with Gasteiger partial charge in [0.15, 0.2) is 0 Å². The summed E-state index contributed by atoms with van der Waals surface area (Å²) < 4.78 is 5.68. The summed E-state index contributed by atoms with van der Waals surface area (Å²) >= 11 is 0. The fourth-order valence-electron chi connectivity index (χ4n) is 2.59. The maximum absolute atomic E-state index is 5.71. The molecule has 1 unspecified atom stereocenters. The Balaban J connectivity index is 3.38. The average molecular weight is 249 g/mol. The van der Waals surface area contributed by atoms with E-state index in [2.05, 4.69) is 39.8 Å². The SMILES string of the molecule is CCc1ccc(C(C)C)c(C(C)CCN)c1OC.